The van der Waals surface area contributed by atoms with Crippen molar-refractivity contribution >= 4 is 22.5 Å². The molecule has 4 rings (SSSR count). The minimum absolute atomic E-state index is 0.00126. The van der Waals surface area contributed by atoms with Crippen molar-refractivity contribution in [2.24, 2.45) is 0 Å². The molecule has 1 N–H and O–H groups in total. The molecule has 2 aliphatic heterocycles. The second-order valence-electron chi connectivity index (χ2n) is 7.35. The van der Waals surface area contributed by atoms with Crippen molar-refractivity contribution in [3.05, 3.63) is 39.9 Å². The number of amides is 1. The number of alkyl halides is 1. The Balaban J connectivity index is 1.81. The van der Waals surface area contributed by atoms with E-state index in [4.69, 9.17) is 0 Å². The number of anilines is 1. The molecule has 2 aliphatic rings. The van der Waals surface area contributed by atoms with Gasteiger partial charge < -0.3 is 19.7 Å². The van der Waals surface area contributed by atoms with Crippen LogP contribution in [0.1, 0.15) is 23.7 Å². The van der Waals surface area contributed by atoms with Crippen molar-refractivity contribution in [2.45, 2.75) is 26.1 Å². The number of benzene rings is 1. The Labute approximate surface area is 161 Å². The molecule has 28 heavy (non-hydrogen) atoms. The van der Waals surface area contributed by atoms with Gasteiger partial charge in [0.25, 0.3) is 5.91 Å². The van der Waals surface area contributed by atoms with Crippen molar-refractivity contribution in [1.82, 2.24) is 14.8 Å². The molecule has 0 radical (unpaired) electrons. The molecule has 6 nitrogen and oxygen atoms in total. The van der Waals surface area contributed by atoms with E-state index in [1.54, 1.807) is 10.6 Å². The van der Waals surface area contributed by atoms with Crippen LogP contribution >= 0.6 is 0 Å². The average Bonchev–Trinajstić information content (AvgIpc) is 3.15. The van der Waals surface area contributed by atoms with Crippen LogP contribution in [0.3, 0.4) is 0 Å². The Bertz CT molecular complexity index is 969. The van der Waals surface area contributed by atoms with Gasteiger partial charge in [-0.1, -0.05) is 0 Å². The van der Waals surface area contributed by atoms with Gasteiger partial charge in [-0.05, 0) is 25.5 Å². The monoisotopic (exact) mass is 390 g/mol. The zero-order chi connectivity index (χ0) is 19.8. The second kappa shape index (κ2) is 7.50. The molecule has 2 saturated heterocycles. The zero-order valence-electron chi connectivity index (χ0n) is 15.9. The van der Waals surface area contributed by atoms with E-state index in [0.717, 1.165) is 13.1 Å². The van der Waals surface area contributed by atoms with Gasteiger partial charge in [0.1, 0.15) is 17.6 Å². The number of rotatable bonds is 3. The maximum atomic E-state index is 14.8. The molecule has 0 aliphatic carbocycles. The first-order valence-electron chi connectivity index (χ1n) is 9.75. The van der Waals surface area contributed by atoms with Crippen LogP contribution in [-0.2, 0) is 6.54 Å². The third kappa shape index (κ3) is 3.26. The fraction of sp³-hybridized carbons (Fsp3) is 0.500. The minimum Gasteiger partial charge on any atom is -0.367 e. The Morgan fingerprint density at radius 2 is 2.00 bits per heavy atom. The van der Waals surface area contributed by atoms with Gasteiger partial charge in [0.2, 0.25) is 5.43 Å². The average molecular weight is 390 g/mol. The Morgan fingerprint density at radius 3 is 2.64 bits per heavy atom. The predicted molar refractivity (Wildman–Crippen MR) is 104 cm³/mol. The summed E-state index contributed by atoms with van der Waals surface area (Å²) in [5.74, 6) is -0.954. The zero-order valence-corrected chi connectivity index (χ0v) is 15.9. The van der Waals surface area contributed by atoms with Crippen molar-refractivity contribution in [1.29, 1.82) is 0 Å². The van der Waals surface area contributed by atoms with Crippen molar-refractivity contribution in [3.63, 3.8) is 0 Å². The summed E-state index contributed by atoms with van der Waals surface area (Å²) in [7, 11) is 0. The fourth-order valence-corrected chi connectivity index (χ4v) is 4.03. The van der Waals surface area contributed by atoms with Crippen LogP contribution in [0.25, 0.3) is 10.9 Å². The summed E-state index contributed by atoms with van der Waals surface area (Å²) in [6.07, 6.45) is 0.749. The summed E-state index contributed by atoms with van der Waals surface area (Å²) in [5, 5.41) is 3.41. The summed E-state index contributed by atoms with van der Waals surface area (Å²) in [4.78, 5) is 29.1. The van der Waals surface area contributed by atoms with Gasteiger partial charge in [-0.2, -0.15) is 0 Å². The number of aryl methyl sites for hydroxylation is 1. The number of halogens is 2. The van der Waals surface area contributed by atoms with Gasteiger partial charge in [-0.25, -0.2) is 8.78 Å². The van der Waals surface area contributed by atoms with E-state index in [1.807, 2.05) is 11.8 Å². The number of likely N-dealkylation sites (tertiary alicyclic amines) is 1. The Kier molecular flexibility index (Phi) is 5.05. The SMILES string of the molecule is CCn1cc(C(=O)N2CC[C@@H](F)C2)c(=O)c2cc(F)c(N3CCNCC3)cc21. The maximum Gasteiger partial charge on any atom is 0.259 e. The van der Waals surface area contributed by atoms with Crippen LogP contribution in [0.2, 0.25) is 0 Å². The number of nitrogens with one attached hydrogen (secondary N) is 1. The number of piperazine rings is 1. The molecule has 2 fully saturated rings. The number of fused-ring (bicyclic) bond motifs is 1. The second-order valence-corrected chi connectivity index (χ2v) is 7.35. The predicted octanol–water partition coefficient (Wildman–Crippen LogP) is 1.75. The van der Waals surface area contributed by atoms with Gasteiger partial charge in [0.05, 0.1) is 17.7 Å². The highest BCUT2D eigenvalue weighted by molar-refractivity contribution is 5.98. The summed E-state index contributed by atoms with van der Waals surface area (Å²) in [6.45, 7) is 5.64. The highest BCUT2D eigenvalue weighted by Crippen LogP contribution is 2.26. The lowest BCUT2D eigenvalue weighted by molar-refractivity contribution is 0.0781. The molecule has 150 valence electrons. The molecule has 0 unspecified atom stereocenters. The van der Waals surface area contributed by atoms with E-state index in [1.165, 1.54) is 17.2 Å². The van der Waals surface area contributed by atoms with E-state index >= 15 is 0 Å². The molecule has 8 heteroatoms. The van der Waals surface area contributed by atoms with Crippen molar-refractivity contribution in [3.8, 4) is 0 Å². The maximum absolute atomic E-state index is 14.8. The smallest absolute Gasteiger partial charge is 0.259 e. The highest BCUT2D eigenvalue weighted by atomic mass is 19.1. The molecule has 1 aromatic carbocycles. The van der Waals surface area contributed by atoms with E-state index in [-0.39, 0.29) is 23.9 Å². The van der Waals surface area contributed by atoms with Crippen LogP contribution in [0.15, 0.2) is 23.1 Å². The largest absolute Gasteiger partial charge is 0.367 e. The van der Waals surface area contributed by atoms with E-state index in [2.05, 4.69) is 5.32 Å². The summed E-state index contributed by atoms with van der Waals surface area (Å²) in [5.41, 5.74) is 0.536. The third-order valence-electron chi connectivity index (χ3n) is 5.60. The van der Waals surface area contributed by atoms with Crippen LogP contribution in [0, 0.1) is 5.82 Å². The van der Waals surface area contributed by atoms with Gasteiger partial charge >= 0.3 is 0 Å². The number of aromatic nitrogens is 1. The van der Waals surface area contributed by atoms with Gasteiger partial charge in [0, 0.05) is 50.9 Å². The molecule has 1 aromatic heterocycles. The number of hydrogen-bond donors (Lipinski definition) is 1. The lowest BCUT2D eigenvalue weighted by Gasteiger charge is -2.30. The van der Waals surface area contributed by atoms with Gasteiger partial charge in [-0.3, -0.25) is 9.59 Å². The van der Waals surface area contributed by atoms with Crippen molar-refractivity contribution < 1.29 is 13.6 Å². The minimum atomic E-state index is -1.06. The number of nitrogens with zero attached hydrogens (tertiary/aromatic N) is 3. The molecule has 0 spiro atoms. The molecule has 0 bridgehead atoms. The number of carbonyl (C=O) groups is 1. The van der Waals surface area contributed by atoms with Gasteiger partial charge in [-0.15, -0.1) is 0 Å². The Morgan fingerprint density at radius 1 is 1.25 bits per heavy atom. The highest BCUT2D eigenvalue weighted by Gasteiger charge is 2.29. The molecular formula is C20H24F2N4O2. The molecule has 3 heterocycles. The summed E-state index contributed by atoms with van der Waals surface area (Å²) in [6, 6.07) is 2.93. The lowest BCUT2D eigenvalue weighted by atomic mass is 10.1. The van der Waals surface area contributed by atoms with Crippen LogP contribution in [-0.4, -0.2) is 60.8 Å². The Hall–Kier alpha value is -2.48. The van der Waals surface area contributed by atoms with E-state index < -0.39 is 23.3 Å². The molecule has 1 amide bonds. The first-order chi connectivity index (χ1) is 13.5. The first-order valence-corrected chi connectivity index (χ1v) is 9.75. The van der Waals surface area contributed by atoms with Crippen LogP contribution in [0.5, 0.6) is 0 Å². The topological polar surface area (TPSA) is 57.6 Å². The first kappa shape index (κ1) is 18.9. The summed E-state index contributed by atoms with van der Waals surface area (Å²) < 4.78 is 30.1. The van der Waals surface area contributed by atoms with E-state index in [9.17, 15) is 18.4 Å². The normalized spacial score (nSPS) is 20.2. The summed E-state index contributed by atoms with van der Waals surface area (Å²) >= 11 is 0. The van der Waals surface area contributed by atoms with Crippen LogP contribution in [0.4, 0.5) is 14.5 Å². The number of hydrogen-bond acceptors (Lipinski definition) is 4. The third-order valence-corrected chi connectivity index (χ3v) is 5.60. The number of carbonyl (C=O) groups excluding carboxylic acids is 1. The molecule has 2 aromatic rings. The quantitative estimate of drug-likeness (QED) is 0.868. The lowest BCUT2D eigenvalue weighted by Crippen LogP contribution is -2.44. The standard InChI is InChI=1S/C20H24F2N4O2/c1-2-24-12-15(20(28)26-6-3-13(21)11-26)19(27)14-9-16(22)18(10-17(14)24)25-7-4-23-5-8-25/h9-10,12-13,23H,2-8,11H2,1H3/t13-/m1/s1. The van der Waals surface area contributed by atoms with Gasteiger partial charge in [0.15, 0.2) is 0 Å². The number of pyridine rings is 1. The van der Waals surface area contributed by atoms with E-state index in [0.29, 0.717) is 37.4 Å². The fourth-order valence-electron chi connectivity index (χ4n) is 4.03. The van der Waals surface area contributed by atoms with Crippen LogP contribution < -0.4 is 15.6 Å². The molecular weight excluding hydrogens is 366 g/mol. The molecule has 0 saturated carbocycles. The van der Waals surface area contributed by atoms with Crippen molar-refractivity contribution in [2.75, 3.05) is 44.2 Å². The molecule has 1 atom stereocenters.